The van der Waals surface area contributed by atoms with Crippen LogP contribution in [-0.4, -0.2) is 45.1 Å². The summed E-state index contributed by atoms with van der Waals surface area (Å²) in [5.41, 5.74) is 0.311. The van der Waals surface area contributed by atoms with Crippen LogP contribution in [0.4, 0.5) is 0 Å². The van der Waals surface area contributed by atoms with Crippen LogP contribution in [0.5, 0.6) is 5.75 Å². The molecule has 2 aliphatic rings. The lowest BCUT2D eigenvalue weighted by Gasteiger charge is -2.37. The van der Waals surface area contributed by atoms with Gasteiger partial charge in [-0.3, -0.25) is 9.59 Å². The first kappa shape index (κ1) is 17.7. The number of ether oxygens (including phenoxy) is 1. The number of carbonyl (C=O) groups excluding carboxylic acids is 2. The number of amides is 2. The molecule has 1 aromatic rings. The molecule has 1 saturated heterocycles. The Balaban J connectivity index is 1.46. The van der Waals surface area contributed by atoms with Crippen molar-refractivity contribution in [1.29, 1.82) is 0 Å². The number of carbonyl (C=O) groups is 2. The SMILES string of the molecule is COc1cccc(C(=O)NCCNC(=O)[C@@]23CCCC[C@H]2CNC3)c1. The van der Waals surface area contributed by atoms with Crippen LogP contribution in [0.15, 0.2) is 24.3 Å². The minimum Gasteiger partial charge on any atom is -0.497 e. The van der Waals surface area contributed by atoms with Gasteiger partial charge in [0.1, 0.15) is 5.75 Å². The molecule has 136 valence electrons. The average Bonchev–Trinajstić information content (AvgIpc) is 3.10. The van der Waals surface area contributed by atoms with Crippen molar-refractivity contribution in [3.63, 3.8) is 0 Å². The van der Waals surface area contributed by atoms with E-state index >= 15 is 0 Å². The Morgan fingerprint density at radius 2 is 2.12 bits per heavy atom. The summed E-state index contributed by atoms with van der Waals surface area (Å²) in [6.07, 6.45) is 4.44. The van der Waals surface area contributed by atoms with E-state index in [2.05, 4.69) is 16.0 Å². The highest BCUT2D eigenvalue weighted by Gasteiger charge is 2.49. The zero-order valence-corrected chi connectivity index (χ0v) is 14.8. The van der Waals surface area contributed by atoms with E-state index in [4.69, 9.17) is 4.74 Å². The van der Waals surface area contributed by atoms with Gasteiger partial charge in [-0.1, -0.05) is 18.9 Å². The minimum atomic E-state index is -0.241. The summed E-state index contributed by atoms with van der Waals surface area (Å²) in [5.74, 6) is 1.08. The standard InChI is InChI=1S/C19H27N3O3/c1-25-16-7-4-5-14(11-16)17(23)21-9-10-22-18(24)19-8-3-2-6-15(19)12-20-13-19/h4-5,7,11,15,20H,2-3,6,8-10,12-13H2,1H3,(H,21,23)(H,22,24)/t15-,19+/m0/s1. The number of nitrogens with one attached hydrogen (secondary N) is 3. The molecule has 1 heterocycles. The van der Waals surface area contributed by atoms with E-state index < -0.39 is 0 Å². The molecule has 1 saturated carbocycles. The first-order valence-corrected chi connectivity index (χ1v) is 9.07. The third kappa shape index (κ3) is 3.79. The van der Waals surface area contributed by atoms with E-state index in [9.17, 15) is 9.59 Å². The van der Waals surface area contributed by atoms with Crippen LogP contribution in [0.3, 0.4) is 0 Å². The highest BCUT2D eigenvalue weighted by molar-refractivity contribution is 5.94. The molecule has 0 unspecified atom stereocenters. The lowest BCUT2D eigenvalue weighted by Crippen LogP contribution is -2.49. The second kappa shape index (κ2) is 7.87. The van der Waals surface area contributed by atoms with Crippen LogP contribution >= 0.6 is 0 Å². The van der Waals surface area contributed by atoms with E-state index in [1.54, 1.807) is 31.4 Å². The van der Waals surface area contributed by atoms with Gasteiger partial charge in [-0.05, 0) is 43.5 Å². The van der Waals surface area contributed by atoms with Crippen LogP contribution in [0, 0.1) is 11.3 Å². The predicted molar refractivity (Wildman–Crippen MR) is 95.6 cm³/mol. The highest BCUT2D eigenvalue weighted by atomic mass is 16.5. The van der Waals surface area contributed by atoms with Gasteiger partial charge in [0, 0.05) is 25.2 Å². The minimum absolute atomic E-state index is 0.137. The Morgan fingerprint density at radius 3 is 2.96 bits per heavy atom. The van der Waals surface area contributed by atoms with E-state index in [1.165, 1.54) is 6.42 Å². The first-order valence-electron chi connectivity index (χ1n) is 9.07. The van der Waals surface area contributed by atoms with Crippen molar-refractivity contribution >= 4 is 11.8 Å². The zero-order chi connectivity index (χ0) is 17.7. The number of methoxy groups -OCH3 is 1. The van der Waals surface area contributed by atoms with Crippen molar-refractivity contribution < 1.29 is 14.3 Å². The molecular formula is C19H27N3O3. The van der Waals surface area contributed by atoms with Crippen LogP contribution in [0.2, 0.25) is 0 Å². The molecule has 0 aromatic heterocycles. The fourth-order valence-electron chi connectivity index (χ4n) is 4.08. The highest BCUT2D eigenvalue weighted by Crippen LogP contribution is 2.43. The molecule has 3 N–H and O–H groups in total. The summed E-state index contributed by atoms with van der Waals surface area (Å²) in [6, 6.07) is 7.02. The van der Waals surface area contributed by atoms with Gasteiger partial charge in [0.25, 0.3) is 5.91 Å². The Labute approximate surface area is 148 Å². The Morgan fingerprint density at radius 1 is 1.28 bits per heavy atom. The monoisotopic (exact) mass is 345 g/mol. The van der Waals surface area contributed by atoms with E-state index in [-0.39, 0.29) is 17.2 Å². The molecule has 1 aliphatic heterocycles. The molecule has 6 heteroatoms. The molecule has 2 atom stereocenters. The number of hydrogen-bond donors (Lipinski definition) is 3. The molecular weight excluding hydrogens is 318 g/mol. The molecule has 0 spiro atoms. The van der Waals surface area contributed by atoms with Gasteiger partial charge >= 0.3 is 0 Å². The average molecular weight is 345 g/mol. The van der Waals surface area contributed by atoms with Gasteiger partial charge in [0.05, 0.1) is 12.5 Å². The Bertz CT molecular complexity index is 634. The number of fused-ring (bicyclic) bond motifs is 1. The maximum Gasteiger partial charge on any atom is 0.251 e. The third-order valence-electron chi connectivity index (χ3n) is 5.52. The fourth-order valence-corrected chi connectivity index (χ4v) is 4.08. The summed E-state index contributed by atoms with van der Waals surface area (Å²) in [6.45, 7) is 2.58. The maximum atomic E-state index is 12.7. The zero-order valence-electron chi connectivity index (χ0n) is 14.8. The molecule has 1 aliphatic carbocycles. The largest absolute Gasteiger partial charge is 0.497 e. The molecule has 2 fully saturated rings. The smallest absolute Gasteiger partial charge is 0.251 e. The lowest BCUT2D eigenvalue weighted by molar-refractivity contribution is -0.133. The predicted octanol–water partition coefficient (Wildman–Crippen LogP) is 1.32. The molecule has 0 radical (unpaired) electrons. The maximum absolute atomic E-state index is 12.7. The fraction of sp³-hybridized carbons (Fsp3) is 0.579. The van der Waals surface area contributed by atoms with Gasteiger partial charge in [-0.15, -0.1) is 0 Å². The lowest BCUT2D eigenvalue weighted by atomic mass is 9.67. The summed E-state index contributed by atoms with van der Waals surface area (Å²) in [5, 5.41) is 9.25. The van der Waals surface area contributed by atoms with Crippen molar-refractivity contribution in [3.8, 4) is 5.75 Å². The number of hydrogen-bond acceptors (Lipinski definition) is 4. The molecule has 2 amide bonds. The quantitative estimate of drug-likeness (QED) is 0.680. The van der Waals surface area contributed by atoms with Crippen LogP contribution < -0.4 is 20.7 Å². The summed E-state index contributed by atoms with van der Waals surface area (Å²) in [7, 11) is 1.57. The van der Waals surface area contributed by atoms with Crippen molar-refractivity contribution in [2.45, 2.75) is 25.7 Å². The van der Waals surface area contributed by atoms with E-state index in [1.807, 2.05) is 0 Å². The normalized spacial score (nSPS) is 25.1. The second-order valence-corrected chi connectivity index (χ2v) is 6.97. The number of benzene rings is 1. The molecule has 0 bridgehead atoms. The van der Waals surface area contributed by atoms with Crippen LogP contribution in [-0.2, 0) is 4.79 Å². The third-order valence-corrected chi connectivity index (χ3v) is 5.52. The van der Waals surface area contributed by atoms with Gasteiger partial charge < -0.3 is 20.7 Å². The second-order valence-electron chi connectivity index (χ2n) is 6.97. The summed E-state index contributed by atoms with van der Waals surface area (Å²) in [4.78, 5) is 24.9. The molecule has 3 rings (SSSR count). The van der Waals surface area contributed by atoms with Gasteiger partial charge in [0.15, 0.2) is 0 Å². The van der Waals surface area contributed by atoms with Crippen LogP contribution in [0.25, 0.3) is 0 Å². The molecule has 25 heavy (non-hydrogen) atoms. The van der Waals surface area contributed by atoms with Gasteiger partial charge in [-0.2, -0.15) is 0 Å². The Hall–Kier alpha value is -2.08. The van der Waals surface area contributed by atoms with Crippen molar-refractivity contribution in [1.82, 2.24) is 16.0 Å². The summed E-state index contributed by atoms with van der Waals surface area (Å²) >= 11 is 0. The van der Waals surface area contributed by atoms with E-state index in [0.29, 0.717) is 30.3 Å². The first-order chi connectivity index (χ1) is 12.2. The van der Waals surface area contributed by atoms with Gasteiger partial charge in [-0.25, -0.2) is 0 Å². The Kier molecular flexibility index (Phi) is 5.58. The van der Waals surface area contributed by atoms with Crippen molar-refractivity contribution in [2.24, 2.45) is 11.3 Å². The molecule has 1 aromatic carbocycles. The van der Waals surface area contributed by atoms with Crippen molar-refractivity contribution in [3.05, 3.63) is 29.8 Å². The van der Waals surface area contributed by atoms with Gasteiger partial charge in [0.2, 0.25) is 5.91 Å². The molecule has 6 nitrogen and oxygen atoms in total. The topological polar surface area (TPSA) is 79.5 Å². The van der Waals surface area contributed by atoms with Crippen molar-refractivity contribution in [2.75, 3.05) is 33.3 Å². The number of rotatable bonds is 6. The van der Waals surface area contributed by atoms with E-state index in [0.717, 1.165) is 32.4 Å². The summed E-state index contributed by atoms with van der Waals surface area (Å²) < 4.78 is 5.13. The van der Waals surface area contributed by atoms with Crippen LogP contribution in [0.1, 0.15) is 36.0 Å².